The van der Waals surface area contributed by atoms with Crippen molar-refractivity contribution in [1.29, 1.82) is 0 Å². The maximum Gasteiger partial charge on any atom is 0.123 e. The first kappa shape index (κ1) is 11.4. The van der Waals surface area contributed by atoms with Gasteiger partial charge < -0.3 is 14.5 Å². The van der Waals surface area contributed by atoms with Crippen LogP contribution in [0.3, 0.4) is 0 Å². The van der Waals surface area contributed by atoms with Gasteiger partial charge in [0.05, 0.1) is 18.6 Å². The lowest BCUT2D eigenvalue weighted by Gasteiger charge is -2.15. The average Bonchev–Trinajstić information content (AvgIpc) is 2.97. The van der Waals surface area contributed by atoms with E-state index in [1.54, 1.807) is 12.5 Å². The number of rotatable bonds is 3. The third-order valence-corrected chi connectivity index (χ3v) is 3.42. The fourth-order valence-corrected chi connectivity index (χ4v) is 2.59. The van der Waals surface area contributed by atoms with Crippen LogP contribution >= 0.6 is 0 Å². The summed E-state index contributed by atoms with van der Waals surface area (Å²) in [5, 5.41) is 3.32. The van der Waals surface area contributed by atoms with E-state index < -0.39 is 0 Å². The molecule has 0 amide bonds. The van der Waals surface area contributed by atoms with E-state index in [1.165, 1.54) is 11.1 Å². The molecule has 0 bridgehead atoms. The van der Waals surface area contributed by atoms with Gasteiger partial charge >= 0.3 is 0 Å². The van der Waals surface area contributed by atoms with Crippen LogP contribution in [0.2, 0.25) is 0 Å². The van der Waals surface area contributed by atoms with Crippen molar-refractivity contribution in [2.75, 3.05) is 7.05 Å². The van der Waals surface area contributed by atoms with Crippen LogP contribution in [0, 0.1) is 0 Å². The first-order valence-corrected chi connectivity index (χ1v) is 6.27. The number of hydrogen-bond acceptors (Lipinski definition) is 3. The lowest BCUT2D eigenvalue weighted by molar-refractivity contribution is 0.254. The minimum Gasteiger partial charge on any atom is -0.490 e. The lowest BCUT2D eigenvalue weighted by atomic mass is 9.98. The Morgan fingerprint density at radius 3 is 2.89 bits per heavy atom. The molecular weight excluding hydrogens is 226 g/mol. The SMILES string of the molecule is CNC(c1ccoc1)c1ccc2c(c1)CC(C)O2. The van der Waals surface area contributed by atoms with E-state index >= 15 is 0 Å². The highest BCUT2D eigenvalue weighted by molar-refractivity contribution is 5.43. The zero-order valence-electron chi connectivity index (χ0n) is 10.6. The highest BCUT2D eigenvalue weighted by atomic mass is 16.5. The maximum atomic E-state index is 5.73. The van der Waals surface area contributed by atoms with Gasteiger partial charge in [0.25, 0.3) is 0 Å². The molecule has 3 nitrogen and oxygen atoms in total. The first-order chi connectivity index (χ1) is 8.78. The smallest absolute Gasteiger partial charge is 0.123 e. The van der Waals surface area contributed by atoms with Gasteiger partial charge in [0.2, 0.25) is 0 Å². The average molecular weight is 243 g/mol. The van der Waals surface area contributed by atoms with E-state index in [9.17, 15) is 0 Å². The third kappa shape index (κ3) is 1.91. The van der Waals surface area contributed by atoms with Crippen molar-refractivity contribution in [3.05, 3.63) is 53.5 Å². The molecule has 1 aromatic heterocycles. The van der Waals surface area contributed by atoms with Crippen LogP contribution in [0.15, 0.2) is 41.2 Å². The molecule has 1 aliphatic heterocycles. The number of nitrogens with one attached hydrogen (secondary N) is 1. The van der Waals surface area contributed by atoms with Gasteiger partial charge in [-0.1, -0.05) is 12.1 Å². The van der Waals surface area contributed by atoms with E-state index in [1.807, 2.05) is 13.1 Å². The van der Waals surface area contributed by atoms with Crippen LogP contribution in [0.5, 0.6) is 5.75 Å². The number of benzene rings is 1. The third-order valence-electron chi connectivity index (χ3n) is 3.42. The summed E-state index contributed by atoms with van der Waals surface area (Å²) in [6.07, 6.45) is 4.77. The molecule has 3 heteroatoms. The molecular formula is C15H17NO2. The van der Waals surface area contributed by atoms with Crippen molar-refractivity contribution in [2.45, 2.75) is 25.5 Å². The molecule has 0 radical (unpaired) electrons. The molecule has 2 atom stereocenters. The van der Waals surface area contributed by atoms with Crippen LogP contribution in [-0.2, 0) is 6.42 Å². The summed E-state index contributed by atoms with van der Waals surface area (Å²) < 4.78 is 10.9. The second kappa shape index (κ2) is 4.50. The number of ether oxygens (including phenoxy) is 1. The topological polar surface area (TPSA) is 34.4 Å². The van der Waals surface area contributed by atoms with Gasteiger partial charge in [0.1, 0.15) is 11.9 Å². The predicted molar refractivity (Wildman–Crippen MR) is 69.8 cm³/mol. The Morgan fingerprint density at radius 1 is 1.28 bits per heavy atom. The number of furan rings is 1. The van der Waals surface area contributed by atoms with E-state index in [2.05, 4.69) is 30.4 Å². The van der Waals surface area contributed by atoms with Crippen molar-refractivity contribution < 1.29 is 9.15 Å². The molecule has 1 N–H and O–H groups in total. The van der Waals surface area contributed by atoms with Crippen molar-refractivity contribution in [2.24, 2.45) is 0 Å². The summed E-state index contributed by atoms with van der Waals surface area (Å²) in [5.74, 6) is 1.02. The van der Waals surface area contributed by atoms with Crippen molar-refractivity contribution in [1.82, 2.24) is 5.32 Å². The van der Waals surface area contributed by atoms with Gasteiger partial charge in [-0.3, -0.25) is 0 Å². The first-order valence-electron chi connectivity index (χ1n) is 6.27. The van der Waals surface area contributed by atoms with Gasteiger partial charge in [-0.15, -0.1) is 0 Å². The quantitative estimate of drug-likeness (QED) is 0.900. The standard InChI is InChI=1S/C15H17NO2/c1-10-7-13-8-11(3-4-14(13)18-10)15(16-2)12-5-6-17-9-12/h3-6,8-10,15-16H,7H2,1-2H3. The Morgan fingerprint density at radius 2 is 2.17 bits per heavy atom. The fraction of sp³-hybridized carbons (Fsp3) is 0.333. The summed E-state index contributed by atoms with van der Waals surface area (Å²) in [6, 6.07) is 8.58. The van der Waals surface area contributed by atoms with Crippen LogP contribution < -0.4 is 10.1 Å². The number of hydrogen-bond donors (Lipinski definition) is 1. The Hall–Kier alpha value is -1.74. The maximum absolute atomic E-state index is 5.73. The van der Waals surface area contributed by atoms with Crippen molar-refractivity contribution >= 4 is 0 Å². The largest absolute Gasteiger partial charge is 0.490 e. The molecule has 3 rings (SSSR count). The van der Waals surface area contributed by atoms with E-state index in [0.29, 0.717) is 0 Å². The van der Waals surface area contributed by atoms with Gasteiger partial charge in [-0.25, -0.2) is 0 Å². The summed E-state index contributed by atoms with van der Waals surface area (Å²) in [7, 11) is 1.96. The molecule has 2 heterocycles. The minimum absolute atomic E-state index is 0.171. The Balaban J connectivity index is 1.95. The highest BCUT2D eigenvalue weighted by Crippen LogP contribution is 2.32. The summed E-state index contributed by atoms with van der Waals surface area (Å²) in [6.45, 7) is 2.10. The van der Waals surface area contributed by atoms with Gasteiger partial charge in [-0.05, 0) is 37.2 Å². The molecule has 94 valence electrons. The highest BCUT2D eigenvalue weighted by Gasteiger charge is 2.21. The van der Waals surface area contributed by atoms with Crippen molar-refractivity contribution in [3.8, 4) is 5.75 Å². The lowest BCUT2D eigenvalue weighted by Crippen LogP contribution is -2.17. The zero-order chi connectivity index (χ0) is 12.5. The zero-order valence-corrected chi connectivity index (χ0v) is 10.6. The molecule has 0 aliphatic carbocycles. The normalized spacial score (nSPS) is 19.3. The van der Waals surface area contributed by atoms with Crippen LogP contribution in [0.25, 0.3) is 0 Å². The number of fused-ring (bicyclic) bond motifs is 1. The molecule has 0 fully saturated rings. The van der Waals surface area contributed by atoms with Crippen LogP contribution in [0.4, 0.5) is 0 Å². The van der Waals surface area contributed by atoms with E-state index in [0.717, 1.165) is 17.7 Å². The van der Waals surface area contributed by atoms with Crippen molar-refractivity contribution in [3.63, 3.8) is 0 Å². The van der Waals surface area contributed by atoms with Gasteiger partial charge in [-0.2, -0.15) is 0 Å². The molecule has 2 unspecified atom stereocenters. The van der Waals surface area contributed by atoms with Gasteiger partial charge in [0.15, 0.2) is 0 Å². The van der Waals surface area contributed by atoms with E-state index in [4.69, 9.17) is 9.15 Å². The Kier molecular flexibility index (Phi) is 2.84. The van der Waals surface area contributed by atoms with Crippen LogP contribution in [-0.4, -0.2) is 13.2 Å². The van der Waals surface area contributed by atoms with Crippen LogP contribution in [0.1, 0.15) is 29.7 Å². The second-order valence-electron chi connectivity index (χ2n) is 4.78. The fourth-order valence-electron chi connectivity index (χ4n) is 2.59. The second-order valence-corrected chi connectivity index (χ2v) is 4.78. The molecule has 2 aromatic rings. The molecule has 1 aliphatic rings. The summed E-state index contributed by atoms with van der Waals surface area (Å²) in [5.41, 5.74) is 3.68. The summed E-state index contributed by atoms with van der Waals surface area (Å²) >= 11 is 0. The molecule has 0 spiro atoms. The molecule has 18 heavy (non-hydrogen) atoms. The Bertz CT molecular complexity index is 533. The molecule has 1 aromatic carbocycles. The predicted octanol–water partition coefficient (Wildman–Crippen LogP) is 2.91. The minimum atomic E-state index is 0.171. The summed E-state index contributed by atoms with van der Waals surface area (Å²) in [4.78, 5) is 0. The Labute approximate surface area is 107 Å². The molecule has 0 saturated heterocycles. The van der Waals surface area contributed by atoms with Gasteiger partial charge in [0, 0.05) is 12.0 Å². The monoisotopic (exact) mass is 243 g/mol. The molecule has 0 saturated carbocycles. The van der Waals surface area contributed by atoms with E-state index in [-0.39, 0.29) is 12.1 Å².